The summed E-state index contributed by atoms with van der Waals surface area (Å²) in [6.07, 6.45) is 1.53. The van der Waals surface area contributed by atoms with Gasteiger partial charge in [0, 0.05) is 35.0 Å². The molecule has 0 atom stereocenters. The molecule has 1 aromatic carbocycles. The van der Waals surface area contributed by atoms with Gasteiger partial charge in [-0.2, -0.15) is 11.3 Å². The van der Waals surface area contributed by atoms with Crippen LogP contribution in [0.1, 0.15) is 23.2 Å². The minimum Gasteiger partial charge on any atom is -0.349 e. The van der Waals surface area contributed by atoms with E-state index < -0.39 is 0 Å². The predicted octanol–water partition coefficient (Wildman–Crippen LogP) is 3.40. The van der Waals surface area contributed by atoms with E-state index in [2.05, 4.69) is 5.32 Å². The van der Waals surface area contributed by atoms with Crippen LogP contribution in [-0.2, 0) is 4.79 Å². The molecular weight excluding hydrogens is 359 g/mol. The fourth-order valence-electron chi connectivity index (χ4n) is 2.70. The molecule has 0 unspecified atom stereocenters. The van der Waals surface area contributed by atoms with E-state index >= 15 is 0 Å². The van der Waals surface area contributed by atoms with Crippen molar-refractivity contribution in [2.45, 2.75) is 23.8 Å². The average Bonchev–Trinajstić information content (AvgIpc) is 3.16. The fourth-order valence-corrected chi connectivity index (χ4v) is 4.14. The van der Waals surface area contributed by atoms with E-state index in [0.717, 1.165) is 17.7 Å². The lowest BCUT2D eigenvalue weighted by Gasteiger charge is -2.32. The molecule has 25 heavy (non-hydrogen) atoms. The van der Waals surface area contributed by atoms with E-state index in [1.807, 2.05) is 21.7 Å². The summed E-state index contributed by atoms with van der Waals surface area (Å²) in [4.78, 5) is 27.1. The quantitative estimate of drug-likeness (QED) is 0.812. The predicted molar refractivity (Wildman–Crippen MR) is 98.5 cm³/mol. The van der Waals surface area contributed by atoms with Crippen LogP contribution in [0, 0.1) is 5.82 Å². The average molecular weight is 378 g/mol. The number of thioether (sulfide) groups is 1. The van der Waals surface area contributed by atoms with Crippen LogP contribution in [-0.4, -0.2) is 41.6 Å². The van der Waals surface area contributed by atoms with Gasteiger partial charge < -0.3 is 10.2 Å². The van der Waals surface area contributed by atoms with Crippen molar-refractivity contribution in [1.29, 1.82) is 0 Å². The number of nitrogens with zero attached hydrogens (tertiary/aromatic N) is 1. The topological polar surface area (TPSA) is 49.4 Å². The van der Waals surface area contributed by atoms with Gasteiger partial charge in [-0.05, 0) is 48.6 Å². The first-order valence-corrected chi connectivity index (χ1v) is 10.0. The van der Waals surface area contributed by atoms with Gasteiger partial charge >= 0.3 is 0 Å². The number of carbonyl (C=O) groups excluding carboxylic acids is 2. The Balaban J connectivity index is 1.41. The van der Waals surface area contributed by atoms with Crippen molar-refractivity contribution in [3.63, 3.8) is 0 Å². The maximum Gasteiger partial charge on any atom is 0.252 e. The summed E-state index contributed by atoms with van der Waals surface area (Å²) in [6.45, 7) is 1.30. The largest absolute Gasteiger partial charge is 0.349 e. The molecule has 1 fully saturated rings. The van der Waals surface area contributed by atoms with Crippen molar-refractivity contribution >= 4 is 34.9 Å². The smallest absolute Gasteiger partial charge is 0.252 e. The molecule has 2 aromatic rings. The number of hydrogen-bond acceptors (Lipinski definition) is 4. The summed E-state index contributed by atoms with van der Waals surface area (Å²) < 4.78 is 12.9. The number of hydrogen-bond donors (Lipinski definition) is 1. The first-order valence-electron chi connectivity index (χ1n) is 8.11. The molecule has 7 heteroatoms. The Morgan fingerprint density at radius 1 is 1.20 bits per heavy atom. The lowest BCUT2D eigenvalue weighted by molar-refractivity contribution is -0.129. The van der Waals surface area contributed by atoms with Crippen LogP contribution in [0.2, 0.25) is 0 Å². The highest BCUT2D eigenvalue weighted by molar-refractivity contribution is 8.00. The van der Waals surface area contributed by atoms with E-state index in [0.29, 0.717) is 24.4 Å². The lowest BCUT2D eigenvalue weighted by atomic mass is 10.0. The Morgan fingerprint density at radius 2 is 1.92 bits per heavy atom. The molecule has 0 aliphatic carbocycles. The van der Waals surface area contributed by atoms with Crippen LogP contribution in [0.15, 0.2) is 46.0 Å². The molecule has 0 saturated carbocycles. The second kappa shape index (κ2) is 8.49. The minimum atomic E-state index is -0.276. The summed E-state index contributed by atoms with van der Waals surface area (Å²) in [5, 5.41) is 6.75. The number of thiophene rings is 1. The van der Waals surface area contributed by atoms with Crippen LogP contribution >= 0.6 is 23.1 Å². The molecule has 1 aliphatic rings. The molecule has 1 aliphatic heterocycles. The number of piperidine rings is 1. The Labute approximate surface area is 154 Å². The van der Waals surface area contributed by atoms with Gasteiger partial charge in [0.05, 0.1) is 5.75 Å². The molecule has 1 saturated heterocycles. The Bertz CT molecular complexity index is 711. The van der Waals surface area contributed by atoms with Crippen molar-refractivity contribution in [1.82, 2.24) is 10.2 Å². The first kappa shape index (κ1) is 17.9. The lowest BCUT2D eigenvalue weighted by Crippen LogP contribution is -2.47. The SMILES string of the molecule is O=C(NC1CCN(C(=O)CSc2ccc(F)cc2)CC1)c1ccsc1. The van der Waals surface area contributed by atoms with E-state index in [1.165, 1.54) is 35.2 Å². The fraction of sp³-hybridized carbons (Fsp3) is 0.333. The molecule has 1 N–H and O–H groups in total. The highest BCUT2D eigenvalue weighted by Crippen LogP contribution is 2.20. The number of amides is 2. The van der Waals surface area contributed by atoms with Crippen molar-refractivity contribution in [3.05, 3.63) is 52.5 Å². The summed E-state index contributed by atoms with van der Waals surface area (Å²) in [5.41, 5.74) is 0.694. The van der Waals surface area contributed by atoms with Gasteiger partial charge in [0.15, 0.2) is 0 Å². The Hall–Kier alpha value is -1.86. The number of likely N-dealkylation sites (tertiary alicyclic amines) is 1. The zero-order chi connectivity index (χ0) is 17.6. The van der Waals surface area contributed by atoms with Crippen molar-refractivity contribution < 1.29 is 14.0 Å². The molecule has 3 rings (SSSR count). The zero-order valence-electron chi connectivity index (χ0n) is 13.6. The van der Waals surface area contributed by atoms with Crippen LogP contribution in [0.25, 0.3) is 0 Å². The number of halogens is 1. The van der Waals surface area contributed by atoms with Gasteiger partial charge in [-0.1, -0.05) is 0 Å². The highest BCUT2D eigenvalue weighted by atomic mass is 32.2. The van der Waals surface area contributed by atoms with Crippen molar-refractivity contribution in [3.8, 4) is 0 Å². The Kier molecular flexibility index (Phi) is 6.09. The van der Waals surface area contributed by atoms with Crippen molar-refractivity contribution in [2.75, 3.05) is 18.8 Å². The number of rotatable bonds is 5. The van der Waals surface area contributed by atoms with Crippen molar-refractivity contribution in [2.24, 2.45) is 0 Å². The molecule has 4 nitrogen and oxygen atoms in total. The van der Waals surface area contributed by atoms with Gasteiger partial charge in [0.25, 0.3) is 5.91 Å². The summed E-state index contributed by atoms with van der Waals surface area (Å²) >= 11 is 2.92. The maximum absolute atomic E-state index is 12.9. The minimum absolute atomic E-state index is 0.0436. The molecule has 0 radical (unpaired) electrons. The maximum atomic E-state index is 12.9. The van der Waals surface area contributed by atoms with Gasteiger partial charge in [-0.15, -0.1) is 11.8 Å². The van der Waals surface area contributed by atoms with E-state index in [4.69, 9.17) is 0 Å². The number of benzene rings is 1. The molecule has 2 heterocycles. The van der Waals surface area contributed by atoms with Gasteiger partial charge in [-0.25, -0.2) is 4.39 Å². The van der Waals surface area contributed by atoms with Gasteiger partial charge in [0.1, 0.15) is 5.82 Å². The van der Waals surface area contributed by atoms with E-state index in [1.54, 1.807) is 12.1 Å². The second-order valence-electron chi connectivity index (χ2n) is 5.88. The summed E-state index contributed by atoms with van der Waals surface area (Å²) in [7, 11) is 0. The Morgan fingerprint density at radius 3 is 2.56 bits per heavy atom. The van der Waals surface area contributed by atoms with E-state index in [-0.39, 0.29) is 23.7 Å². The second-order valence-corrected chi connectivity index (χ2v) is 7.71. The van der Waals surface area contributed by atoms with Gasteiger partial charge in [-0.3, -0.25) is 9.59 Å². The third-order valence-electron chi connectivity index (χ3n) is 4.14. The molecule has 2 amide bonds. The van der Waals surface area contributed by atoms with Crippen LogP contribution in [0.5, 0.6) is 0 Å². The van der Waals surface area contributed by atoms with Gasteiger partial charge in [0.2, 0.25) is 5.91 Å². The third kappa shape index (κ3) is 5.06. The first-order chi connectivity index (χ1) is 12.1. The monoisotopic (exact) mass is 378 g/mol. The third-order valence-corrected chi connectivity index (χ3v) is 5.82. The molecule has 132 valence electrons. The zero-order valence-corrected chi connectivity index (χ0v) is 15.2. The summed E-state index contributed by atoms with van der Waals surface area (Å²) in [5.74, 6) is 0.106. The highest BCUT2D eigenvalue weighted by Gasteiger charge is 2.24. The standard InChI is InChI=1S/C18H19FN2O2S2/c19-14-1-3-16(4-2-14)25-12-17(22)21-8-5-15(6-9-21)20-18(23)13-7-10-24-11-13/h1-4,7,10-11,15H,5-6,8-9,12H2,(H,20,23). The number of carbonyl (C=O) groups is 2. The molecule has 1 aromatic heterocycles. The summed E-state index contributed by atoms with van der Waals surface area (Å²) in [6, 6.07) is 8.08. The molecule has 0 spiro atoms. The molecular formula is C18H19FN2O2S2. The van der Waals surface area contributed by atoms with E-state index in [9.17, 15) is 14.0 Å². The van der Waals surface area contributed by atoms with Crippen LogP contribution in [0.4, 0.5) is 4.39 Å². The normalized spacial score (nSPS) is 15.2. The van der Waals surface area contributed by atoms with Crippen LogP contribution in [0.3, 0.4) is 0 Å². The number of nitrogens with one attached hydrogen (secondary N) is 1. The molecule has 0 bridgehead atoms. The van der Waals surface area contributed by atoms with Crippen LogP contribution < -0.4 is 5.32 Å².